The first kappa shape index (κ1) is 18.9. The predicted molar refractivity (Wildman–Crippen MR) is 99.0 cm³/mol. The SMILES string of the molecule is CS(=O)(=O)Nc1ccc(CCN=C(Cl)c2ccc([N+](=O)[O-])cc2)cc1. The fourth-order valence-corrected chi connectivity index (χ4v) is 2.82. The summed E-state index contributed by atoms with van der Waals surface area (Å²) >= 11 is 6.11. The summed E-state index contributed by atoms with van der Waals surface area (Å²) in [7, 11) is -3.29. The van der Waals surface area contributed by atoms with Crippen LogP contribution in [-0.2, 0) is 16.4 Å². The molecule has 0 aliphatic rings. The molecule has 0 radical (unpaired) electrons. The van der Waals surface area contributed by atoms with Crippen LogP contribution >= 0.6 is 11.6 Å². The standard InChI is InChI=1S/C16H16ClN3O4S/c1-25(23,24)19-14-6-2-12(3-7-14)10-11-18-16(17)13-4-8-15(9-5-13)20(21)22/h2-9,19H,10-11H2,1H3. The van der Waals surface area contributed by atoms with Gasteiger partial charge in [0.1, 0.15) is 5.17 Å². The molecule has 0 aliphatic carbocycles. The maximum absolute atomic E-state index is 11.1. The Bertz CT molecular complexity index is 879. The lowest BCUT2D eigenvalue weighted by Gasteiger charge is -2.05. The first-order valence-electron chi connectivity index (χ1n) is 7.26. The third-order valence-electron chi connectivity index (χ3n) is 3.22. The first-order valence-corrected chi connectivity index (χ1v) is 9.53. The molecule has 132 valence electrons. The van der Waals surface area contributed by atoms with Crippen LogP contribution in [0.25, 0.3) is 0 Å². The van der Waals surface area contributed by atoms with E-state index in [4.69, 9.17) is 11.6 Å². The van der Waals surface area contributed by atoms with Gasteiger partial charge >= 0.3 is 0 Å². The summed E-state index contributed by atoms with van der Waals surface area (Å²) in [6.07, 6.45) is 1.72. The van der Waals surface area contributed by atoms with Gasteiger partial charge in [-0.25, -0.2) is 8.42 Å². The molecule has 0 aromatic heterocycles. The third-order valence-corrected chi connectivity index (χ3v) is 4.17. The molecule has 0 unspecified atom stereocenters. The number of anilines is 1. The Morgan fingerprint density at radius 2 is 1.76 bits per heavy atom. The van der Waals surface area contributed by atoms with Crippen LogP contribution in [0.15, 0.2) is 53.5 Å². The van der Waals surface area contributed by atoms with Crippen molar-refractivity contribution in [3.63, 3.8) is 0 Å². The summed E-state index contributed by atoms with van der Waals surface area (Å²) in [5.74, 6) is 0. The first-order chi connectivity index (χ1) is 11.7. The summed E-state index contributed by atoms with van der Waals surface area (Å²) in [6.45, 7) is 0.439. The van der Waals surface area contributed by atoms with Gasteiger partial charge in [-0.05, 0) is 36.2 Å². The fraction of sp³-hybridized carbons (Fsp3) is 0.188. The Morgan fingerprint density at radius 1 is 1.16 bits per heavy atom. The van der Waals surface area contributed by atoms with Gasteiger partial charge in [0.15, 0.2) is 0 Å². The molecule has 0 saturated carbocycles. The highest BCUT2D eigenvalue weighted by atomic mass is 35.5. The summed E-state index contributed by atoms with van der Waals surface area (Å²) in [5.41, 5.74) is 2.09. The lowest BCUT2D eigenvalue weighted by atomic mass is 10.1. The van der Waals surface area contributed by atoms with Gasteiger partial charge in [-0.1, -0.05) is 23.7 Å². The Morgan fingerprint density at radius 3 is 2.28 bits per heavy atom. The Balaban J connectivity index is 1.94. The van der Waals surface area contributed by atoms with E-state index in [1.807, 2.05) is 12.1 Å². The highest BCUT2D eigenvalue weighted by Gasteiger charge is 2.06. The van der Waals surface area contributed by atoms with E-state index in [1.165, 1.54) is 12.1 Å². The van der Waals surface area contributed by atoms with E-state index in [0.717, 1.165) is 11.8 Å². The van der Waals surface area contributed by atoms with Crippen LogP contribution in [0.1, 0.15) is 11.1 Å². The average molecular weight is 382 g/mol. The summed E-state index contributed by atoms with van der Waals surface area (Å²) < 4.78 is 24.7. The molecule has 2 aromatic carbocycles. The maximum Gasteiger partial charge on any atom is 0.269 e. The van der Waals surface area contributed by atoms with E-state index >= 15 is 0 Å². The second-order valence-electron chi connectivity index (χ2n) is 5.30. The van der Waals surface area contributed by atoms with Crippen molar-refractivity contribution >= 4 is 38.2 Å². The molecular weight excluding hydrogens is 366 g/mol. The Kier molecular flexibility index (Phi) is 6.11. The Labute approximate surface area is 150 Å². The van der Waals surface area contributed by atoms with Crippen molar-refractivity contribution in [2.75, 3.05) is 17.5 Å². The molecule has 0 bridgehead atoms. The molecule has 0 aliphatic heterocycles. The van der Waals surface area contributed by atoms with Crippen molar-refractivity contribution < 1.29 is 13.3 Å². The summed E-state index contributed by atoms with van der Waals surface area (Å²) in [5, 5.41) is 10.9. The number of nitrogens with zero attached hydrogens (tertiary/aromatic N) is 2. The van der Waals surface area contributed by atoms with Crippen molar-refractivity contribution in [1.82, 2.24) is 0 Å². The van der Waals surface area contributed by atoms with Crippen LogP contribution < -0.4 is 4.72 Å². The predicted octanol–water partition coefficient (Wildman–Crippen LogP) is 3.19. The monoisotopic (exact) mass is 381 g/mol. The van der Waals surface area contributed by atoms with Gasteiger partial charge in [-0.3, -0.25) is 19.8 Å². The molecule has 0 amide bonds. The fourth-order valence-electron chi connectivity index (χ4n) is 2.05. The number of halogens is 1. The van der Waals surface area contributed by atoms with Gasteiger partial charge in [-0.2, -0.15) is 0 Å². The van der Waals surface area contributed by atoms with E-state index in [9.17, 15) is 18.5 Å². The number of hydrogen-bond acceptors (Lipinski definition) is 5. The summed E-state index contributed by atoms with van der Waals surface area (Å²) in [4.78, 5) is 14.4. The van der Waals surface area contributed by atoms with Crippen LogP contribution in [0.3, 0.4) is 0 Å². The van der Waals surface area contributed by atoms with Gasteiger partial charge in [-0.15, -0.1) is 0 Å². The number of non-ortho nitro benzene ring substituents is 1. The van der Waals surface area contributed by atoms with Gasteiger partial charge in [0.25, 0.3) is 5.69 Å². The number of aliphatic imine (C=N–C) groups is 1. The van der Waals surface area contributed by atoms with Crippen molar-refractivity contribution in [2.45, 2.75) is 6.42 Å². The molecular formula is C16H16ClN3O4S. The zero-order chi connectivity index (χ0) is 18.4. The van der Waals surface area contributed by atoms with Crippen LogP contribution in [0.2, 0.25) is 0 Å². The van der Waals surface area contributed by atoms with E-state index < -0.39 is 14.9 Å². The van der Waals surface area contributed by atoms with Crippen molar-refractivity contribution in [3.05, 3.63) is 69.8 Å². The molecule has 0 atom stereocenters. The molecule has 2 aromatic rings. The molecule has 0 spiro atoms. The summed E-state index contributed by atoms with van der Waals surface area (Å²) in [6, 6.07) is 12.8. The second-order valence-corrected chi connectivity index (χ2v) is 7.40. The highest BCUT2D eigenvalue weighted by molar-refractivity contribution is 7.92. The minimum atomic E-state index is -3.29. The Hall–Kier alpha value is -2.45. The molecule has 25 heavy (non-hydrogen) atoms. The molecule has 7 nitrogen and oxygen atoms in total. The van der Waals surface area contributed by atoms with E-state index in [2.05, 4.69) is 9.71 Å². The molecule has 1 N–H and O–H groups in total. The topological polar surface area (TPSA) is 102 Å². The van der Waals surface area contributed by atoms with E-state index in [-0.39, 0.29) is 10.9 Å². The zero-order valence-electron chi connectivity index (χ0n) is 13.3. The maximum atomic E-state index is 11.1. The quantitative estimate of drug-likeness (QED) is 0.452. The van der Waals surface area contributed by atoms with Gasteiger partial charge in [0, 0.05) is 29.9 Å². The lowest BCUT2D eigenvalue weighted by molar-refractivity contribution is -0.384. The van der Waals surface area contributed by atoms with Crippen LogP contribution in [-0.4, -0.2) is 31.3 Å². The van der Waals surface area contributed by atoms with Gasteiger partial charge < -0.3 is 0 Å². The number of nitro groups is 1. The van der Waals surface area contributed by atoms with E-state index in [0.29, 0.717) is 24.2 Å². The van der Waals surface area contributed by atoms with Gasteiger partial charge in [0.05, 0.1) is 11.2 Å². The number of nitrogens with one attached hydrogen (secondary N) is 1. The largest absolute Gasteiger partial charge is 0.284 e. The highest BCUT2D eigenvalue weighted by Crippen LogP contribution is 2.15. The van der Waals surface area contributed by atoms with Crippen molar-refractivity contribution in [2.24, 2.45) is 4.99 Å². The second kappa shape index (κ2) is 8.09. The number of sulfonamides is 1. The smallest absolute Gasteiger partial charge is 0.269 e. The lowest BCUT2D eigenvalue weighted by Crippen LogP contribution is -2.09. The molecule has 9 heteroatoms. The normalized spacial score (nSPS) is 12.0. The molecule has 0 heterocycles. The minimum absolute atomic E-state index is 0.00369. The third kappa shape index (κ3) is 6.17. The van der Waals surface area contributed by atoms with Crippen LogP contribution in [0.5, 0.6) is 0 Å². The van der Waals surface area contributed by atoms with Crippen LogP contribution in [0, 0.1) is 10.1 Å². The molecule has 2 rings (SSSR count). The number of benzene rings is 2. The zero-order valence-corrected chi connectivity index (χ0v) is 14.9. The average Bonchev–Trinajstić information content (AvgIpc) is 2.55. The van der Waals surface area contributed by atoms with E-state index in [1.54, 1.807) is 24.3 Å². The molecule has 0 fully saturated rings. The van der Waals surface area contributed by atoms with Crippen LogP contribution in [0.4, 0.5) is 11.4 Å². The number of hydrogen-bond donors (Lipinski definition) is 1. The number of rotatable bonds is 7. The minimum Gasteiger partial charge on any atom is -0.284 e. The number of nitro benzene ring substituents is 1. The molecule has 0 saturated heterocycles. The van der Waals surface area contributed by atoms with Crippen molar-refractivity contribution in [1.29, 1.82) is 0 Å². The van der Waals surface area contributed by atoms with Gasteiger partial charge in [0.2, 0.25) is 10.0 Å². The van der Waals surface area contributed by atoms with Crippen molar-refractivity contribution in [3.8, 4) is 0 Å².